The van der Waals surface area contributed by atoms with Crippen molar-refractivity contribution in [3.8, 4) is 0 Å². The average molecular weight is 195 g/mol. The van der Waals surface area contributed by atoms with Crippen LogP contribution < -0.4 is 16.4 Å². The van der Waals surface area contributed by atoms with Crippen molar-refractivity contribution in [2.75, 3.05) is 18.4 Å². The molecule has 76 valence electrons. The third-order valence-corrected chi connectivity index (χ3v) is 1.53. The second kappa shape index (κ2) is 5.00. The average Bonchev–Trinajstić information content (AvgIpc) is 2.15. The highest BCUT2D eigenvalue weighted by atomic mass is 16.2. The van der Waals surface area contributed by atoms with Crippen molar-refractivity contribution in [3.63, 3.8) is 0 Å². The van der Waals surface area contributed by atoms with Gasteiger partial charge < -0.3 is 16.4 Å². The lowest BCUT2D eigenvalue weighted by molar-refractivity contribution is 0.249. The lowest BCUT2D eigenvalue weighted by atomic mass is 10.4. The Kier molecular flexibility index (Phi) is 3.66. The quantitative estimate of drug-likeness (QED) is 0.583. The first-order valence-corrected chi connectivity index (χ1v) is 4.26. The van der Waals surface area contributed by atoms with Gasteiger partial charge in [0.2, 0.25) is 0 Å². The molecule has 2 amide bonds. The Balaban J connectivity index is 2.25. The Morgan fingerprint density at radius 3 is 2.79 bits per heavy atom. The maximum Gasteiger partial charge on any atom is 0.312 e. The number of amides is 2. The molecule has 6 heteroatoms. The number of hydrogen-bond donors (Lipinski definition) is 3. The molecule has 0 bridgehead atoms. The van der Waals surface area contributed by atoms with Gasteiger partial charge in [0.05, 0.1) is 5.69 Å². The third-order valence-electron chi connectivity index (χ3n) is 1.53. The maximum atomic E-state index is 10.3. The molecule has 0 fully saturated rings. The number of urea groups is 1. The maximum absolute atomic E-state index is 10.3. The Labute approximate surface area is 81.9 Å². The highest BCUT2D eigenvalue weighted by molar-refractivity contribution is 5.71. The van der Waals surface area contributed by atoms with E-state index in [1.54, 1.807) is 0 Å². The van der Waals surface area contributed by atoms with E-state index in [4.69, 9.17) is 5.73 Å². The van der Waals surface area contributed by atoms with E-state index < -0.39 is 6.03 Å². The minimum atomic E-state index is -0.526. The van der Waals surface area contributed by atoms with Crippen molar-refractivity contribution in [2.45, 2.75) is 6.92 Å². The zero-order chi connectivity index (χ0) is 10.4. The van der Waals surface area contributed by atoms with Crippen LogP contribution in [-0.2, 0) is 0 Å². The number of carbonyl (C=O) groups is 1. The standard InChI is InChI=1S/C8H13N5O/c1-6-2-3-7(13-12-6)10-4-5-11-8(9)14/h2-3H,4-5H2,1H3,(H,10,13)(H3,9,11,14). The summed E-state index contributed by atoms with van der Waals surface area (Å²) < 4.78 is 0. The van der Waals surface area contributed by atoms with Crippen LogP contribution in [0.3, 0.4) is 0 Å². The van der Waals surface area contributed by atoms with Crippen LogP contribution in [0.15, 0.2) is 12.1 Å². The van der Waals surface area contributed by atoms with Gasteiger partial charge in [-0.25, -0.2) is 4.79 Å². The number of nitrogens with one attached hydrogen (secondary N) is 2. The zero-order valence-electron chi connectivity index (χ0n) is 7.95. The van der Waals surface area contributed by atoms with E-state index in [-0.39, 0.29) is 0 Å². The molecule has 1 aromatic heterocycles. The summed E-state index contributed by atoms with van der Waals surface area (Å²) in [6.45, 7) is 2.90. The summed E-state index contributed by atoms with van der Waals surface area (Å²) in [6.07, 6.45) is 0. The smallest absolute Gasteiger partial charge is 0.312 e. The van der Waals surface area contributed by atoms with Gasteiger partial charge in [-0.2, -0.15) is 5.10 Å². The van der Waals surface area contributed by atoms with Crippen molar-refractivity contribution < 1.29 is 4.79 Å². The number of hydrogen-bond acceptors (Lipinski definition) is 4. The van der Waals surface area contributed by atoms with Gasteiger partial charge in [-0.1, -0.05) is 0 Å². The van der Waals surface area contributed by atoms with Crippen LogP contribution >= 0.6 is 0 Å². The van der Waals surface area contributed by atoms with Crippen LogP contribution in [0.5, 0.6) is 0 Å². The molecule has 0 aliphatic rings. The van der Waals surface area contributed by atoms with E-state index in [2.05, 4.69) is 20.8 Å². The summed E-state index contributed by atoms with van der Waals surface area (Å²) in [5.41, 5.74) is 5.75. The number of anilines is 1. The summed E-state index contributed by atoms with van der Waals surface area (Å²) >= 11 is 0. The summed E-state index contributed by atoms with van der Waals surface area (Å²) in [4.78, 5) is 10.3. The van der Waals surface area contributed by atoms with E-state index in [9.17, 15) is 4.79 Å². The van der Waals surface area contributed by atoms with Gasteiger partial charge in [0.25, 0.3) is 0 Å². The topological polar surface area (TPSA) is 92.9 Å². The number of nitrogens with zero attached hydrogens (tertiary/aromatic N) is 2. The largest absolute Gasteiger partial charge is 0.367 e. The Bertz CT molecular complexity index is 297. The predicted octanol–water partition coefficient (Wildman–Crippen LogP) is -0.135. The van der Waals surface area contributed by atoms with Gasteiger partial charge in [-0.05, 0) is 19.1 Å². The number of nitrogens with two attached hydrogens (primary N) is 1. The fourth-order valence-corrected chi connectivity index (χ4v) is 0.869. The fourth-order valence-electron chi connectivity index (χ4n) is 0.869. The first kappa shape index (κ1) is 10.2. The van der Waals surface area contributed by atoms with Crippen molar-refractivity contribution in [1.29, 1.82) is 0 Å². The monoisotopic (exact) mass is 195 g/mol. The van der Waals surface area contributed by atoms with E-state index >= 15 is 0 Å². The molecule has 0 spiro atoms. The van der Waals surface area contributed by atoms with E-state index in [1.807, 2.05) is 19.1 Å². The van der Waals surface area contributed by atoms with Crippen LogP contribution in [0, 0.1) is 6.92 Å². The Morgan fingerprint density at radius 1 is 1.43 bits per heavy atom. The van der Waals surface area contributed by atoms with Gasteiger partial charge >= 0.3 is 6.03 Å². The molecule has 1 rings (SSSR count). The molecule has 0 atom stereocenters. The highest BCUT2D eigenvalue weighted by Crippen LogP contribution is 1.99. The van der Waals surface area contributed by atoms with Gasteiger partial charge in [-0.15, -0.1) is 5.10 Å². The minimum absolute atomic E-state index is 0.463. The second-order valence-corrected chi connectivity index (χ2v) is 2.78. The molecule has 0 aromatic carbocycles. The van der Waals surface area contributed by atoms with Crippen molar-refractivity contribution >= 4 is 11.8 Å². The first-order chi connectivity index (χ1) is 6.68. The molecule has 6 nitrogen and oxygen atoms in total. The number of aryl methyl sites for hydroxylation is 1. The van der Waals surface area contributed by atoms with E-state index in [0.29, 0.717) is 18.9 Å². The van der Waals surface area contributed by atoms with Crippen LogP contribution in [0.2, 0.25) is 0 Å². The Hall–Kier alpha value is -1.85. The number of rotatable bonds is 4. The van der Waals surface area contributed by atoms with Crippen molar-refractivity contribution in [1.82, 2.24) is 15.5 Å². The summed E-state index contributed by atoms with van der Waals surface area (Å²) in [5, 5.41) is 13.2. The van der Waals surface area contributed by atoms with Gasteiger partial charge in [-0.3, -0.25) is 0 Å². The normalized spacial score (nSPS) is 9.50. The summed E-state index contributed by atoms with van der Waals surface area (Å²) in [7, 11) is 0. The van der Waals surface area contributed by atoms with Crippen LogP contribution in [-0.4, -0.2) is 29.3 Å². The third kappa shape index (κ3) is 3.70. The zero-order valence-corrected chi connectivity index (χ0v) is 7.95. The molecule has 0 aliphatic heterocycles. The van der Waals surface area contributed by atoms with Gasteiger partial charge in [0.15, 0.2) is 0 Å². The molecule has 1 aromatic rings. The Morgan fingerprint density at radius 2 is 2.21 bits per heavy atom. The first-order valence-electron chi connectivity index (χ1n) is 4.26. The van der Waals surface area contributed by atoms with Crippen LogP contribution in [0.4, 0.5) is 10.6 Å². The SMILES string of the molecule is Cc1ccc(NCCNC(N)=O)nn1. The number of primary amides is 1. The molecule has 4 N–H and O–H groups in total. The van der Waals surface area contributed by atoms with Crippen LogP contribution in [0.1, 0.15) is 5.69 Å². The number of carbonyl (C=O) groups excluding carboxylic acids is 1. The van der Waals surface area contributed by atoms with Gasteiger partial charge in [0, 0.05) is 13.1 Å². The highest BCUT2D eigenvalue weighted by Gasteiger charge is 1.94. The fraction of sp³-hybridized carbons (Fsp3) is 0.375. The van der Waals surface area contributed by atoms with Crippen molar-refractivity contribution in [2.24, 2.45) is 5.73 Å². The lowest BCUT2D eigenvalue weighted by Gasteiger charge is -2.04. The molecule has 14 heavy (non-hydrogen) atoms. The molecule has 0 saturated heterocycles. The lowest BCUT2D eigenvalue weighted by Crippen LogP contribution is -2.33. The molecular formula is C8H13N5O. The van der Waals surface area contributed by atoms with Gasteiger partial charge in [0.1, 0.15) is 5.82 Å². The molecule has 0 radical (unpaired) electrons. The number of aromatic nitrogens is 2. The predicted molar refractivity (Wildman–Crippen MR) is 52.8 cm³/mol. The van der Waals surface area contributed by atoms with E-state index in [1.165, 1.54) is 0 Å². The summed E-state index contributed by atoms with van der Waals surface area (Å²) in [5.74, 6) is 0.682. The molecule has 0 unspecified atom stereocenters. The minimum Gasteiger partial charge on any atom is -0.367 e. The molecule has 1 heterocycles. The van der Waals surface area contributed by atoms with E-state index in [0.717, 1.165) is 5.69 Å². The van der Waals surface area contributed by atoms with Crippen molar-refractivity contribution in [3.05, 3.63) is 17.8 Å². The van der Waals surface area contributed by atoms with Crippen LogP contribution in [0.25, 0.3) is 0 Å². The second-order valence-electron chi connectivity index (χ2n) is 2.78. The molecular weight excluding hydrogens is 182 g/mol. The summed E-state index contributed by atoms with van der Waals surface area (Å²) in [6, 6.07) is 3.16. The molecule has 0 saturated carbocycles. The molecule has 0 aliphatic carbocycles.